The number of carbonyl (C=O) groups excluding carboxylic acids is 3. The Morgan fingerprint density at radius 1 is 0.398 bits per heavy atom. The molecule has 0 heterocycles. The van der Waals surface area contributed by atoms with E-state index in [1.165, 1.54) is 33.5 Å². The predicted octanol–water partition coefficient (Wildman–Crippen LogP) is 13.6. The second-order valence-electron chi connectivity index (χ2n) is 21.0. The molecular weight excluding hydrogens is 1180 g/mol. The second-order valence-corrected chi connectivity index (χ2v) is 26.0. The Kier molecular flexibility index (Phi) is 31.6. The van der Waals surface area contributed by atoms with Crippen molar-refractivity contribution >= 4 is 47.5 Å². The van der Waals surface area contributed by atoms with Gasteiger partial charge >= 0.3 is 10.1 Å². The molecule has 0 aliphatic rings. The molecule has 0 spiro atoms. The Labute approximate surface area is 522 Å². The zero-order valence-corrected chi connectivity index (χ0v) is 53.9. The average molecular weight is 1280 g/mol. The fourth-order valence-corrected chi connectivity index (χ4v) is 12.4. The van der Waals surface area contributed by atoms with Crippen LogP contribution in [0.1, 0.15) is 189 Å². The zero-order valence-electron chi connectivity index (χ0n) is 51.5. The van der Waals surface area contributed by atoms with Gasteiger partial charge < -0.3 is 29.5 Å². The van der Waals surface area contributed by atoms with E-state index in [9.17, 15) is 55.0 Å². The molecule has 6 aromatic carbocycles. The Morgan fingerprint density at radius 2 is 0.670 bits per heavy atom. The number of aryl methyl sites for hydroxylation is 3. The van der Waals surface area contributed by atoms with Crippen LogP contribution < -0.4 is 23.7 Å². The third-order valence-electron chi connectivity index (χ3n) is 14.0. The monoisotopic (exact) mass is 1270 g/mol. The van der Waals surface area contributed by atoms with Crippen molar-refractivity contribution in [3.05, 3.63) is 159 Å². The first-order valence-corrected chi connectivity index (χ1v) is 33.7. The van der Waals surface area contributed by atoms with Gasteiger partial charge in [-0.15, -0.1) is 0 Å². The van der Waals surface area contributed by atoms with Crippen molar-refractivity contribution in [2.24, 2.45) is 0 Å². The number of ether oxygens (including phenoxy) is 3. The molecule has 0 aromatic heterocycles. The quantitative estimate of drug-likeness (QED) is 0.0145. The van der Waals surface area contributed by atoms with E-state index in [-0.39, 0.29) is 79.9 Å². The van der Waals surface area contributed by atoms with Gasteiger partial charge in [-0.1, -0.05) is 195 Å². The highest BCUT2D eigenvalue weighted by Gasteiger charge is 2.28. The molecule has 482 valence electrons. The summed E-state index contributed by atoms with van der Waals surface area (Å²) in [5.74, 6) is -2.51. The first-order chi connectivity index (χ1) is 41.4. The summed E-state index contributed by atoms with van der Waals surface area (Å²) in [7, 11) is -8.01. The summed E-state index contributed by atoms with van der Waals surface area (Å²) in [6.07, 6.45) is 14.7. The molecule has 0 bridgehead atoms. The average Bonchev–Trinajstić information content (AvgIpc) is 1.30. The third-order valence-corrected chi connectivity index (χ3v) is 18.3. The molecule has 0 saturated carbocycles. The minimum Gasteiger partial charge on any atom is -0.507 e. The van der Waals surface area contributed by atoms with E-state index >= 15 is 0 Å². The Hall–Kier alpha value is -7.14. The molecular formula is C67H90N2O16S3. The maximum absolute atomic E-state index is 12.8. The number of hydrogen-bond donors (Lipinski definition) is 5. The fraction of sp³-hybridized carbons (Fsp3) is 0.418. The standard InChI is InChI=1S/2C22H29NO5S.C22H28O6S.CH4/c2*1-4-5-6-7-8-13-23-29(26,27)21-14-18(19(24)15-20(21)28-3)22(25)17-11-9-16(2)10-12-17;1-4-5-6-7-8-13-28-29(25,26)21-14-18(19(23)15-20(21)27-3)22(24)17-11-9-16(2)10-12-17;/h2*9-12,14-15,23-24H,4-8,13H2,1-3H3;9-12,14-15,23H,4-8,13H2,1-3H3;1H4. The van der Waals surface area contributed by atoms with Crippen molar-refractivity contribution in [3.63, 3.8) is 0 Å². The minimum absolute atomic E-state index is 0. The number of carbonyl (C=O) groups is 3. The SMILES string of the molecule is C.CCCCCCCNS(=O)(=O)c1cc(C(=O)c2ccc(C)cc2)c(O)cc1OC.CCCCCCCNS(=O)(=O)c1cc(C(=O)c2ccc(C)cc2)c(O)cc1OC.CCCCCCCOS(=O)(=O)c1cc(C(=O)c2ccc(C)cc2)c(O)cc1OC. The normalized spacial score (nSPS) is 11.3. The number of hydrogen-bond acceptors (Lipinski definition) is 16. The van der Waals surface area contributed by atoms with E-state index in [0.29, 0.717) is 36.2 Å². The van der Waals surface area contributed by atoms with Crippen LogP contribution in [0.5, 0.6) is 34.5 Å². The van der Waals surface area contributed by atoms with Crippen LogP contribution in [0, 0.1) is 20.8 Å². The molecule has 0 amide bonds. The Balaban J connectivity index is 0.000000343. The lowest BCUT2D eigenvalue weighted by Gasteiger charge is -2.14. The molecule has 0 radical (unpaired) electrons. The first-order valence-electron chi connectivity index (χ1n) is 29.4. The topological polar surface area (TPSA) is 275 Å². The molecule has 0 fully saturated rings. The van der Waals surface area contributed by atoms with Gasteiger partial charge in [0.1, 0.15) is 49.2 Å². The number of methoxy groups -OCH3 is 3. The molecule has 6 rings (SSSR count). The van der Waals surface area contributed by atoms with Crippen LogP contribution >= 0.6 is 0 Å². The largest absolute Gasteiger partial charge is 0.507 e. The predicted molar refractivity (Wildman–Crippen MR) is 344 cm³/mol. The van der Waals surface area contributed by atoms with E-state index in [4.69, 9.17) is 18.4 Å². The number of phenolic OH excluding ortho intramolecular Hbond substituents is 3. The summed E-state index contributed by atoms with van der Waals surface area (Å²) in [5.41, 5.74) is 3.74. The van der Waals surface area contributed by atoms with Gasteiger partial charge in [-0.25, -0.2) is 26.3 Å². The van der Waals surface area contributed by atoms with E-state index in [2.05, 4.69) is 30.2 Å². The van der Waals surface area contributed by atoms with Crippen molar-refractivity contribution in [3.8, 4) is 34.5 Å². The van der Waals surface area contributed by atoms with Crippen LogP contribution in [0.2, 0.25) is 0 Å². The van der Waals surface area contributed by atoms with Gasteiger partial charge in [0.05, 0.1) is 44.6 Å². The van der Waals surface area contributed by atoms with Crippen LogP contribution in [-0.4, -0.2) is 98.9 Å². The minimum atomic E-state index is -4.15. The number of nitrogens with one attached hydrogen (secondary N) is 2. The van der Waals surface area contributed by atoms with E-state index < -0.39 is 47.5 Å². The van der Waals surface area contributed by atoms with Crippen LogP contribution in [0.4, 0.5) is 0 Å². The van der Waals surface area contributed by atoms with E-state index in [0.717, 1.165) is 131 Å². The van der Waals surface area contributed by atoms with Gasteiger partial charge in [0.2, 0.25) is 20.0 Å². The van der Waals surface area contributed by atoms with Crippen molar-refractivity contribution in [1.82, 2.24) is 9.44 Å². The molecule has 0 aliphatic heterocycles. The van der Waals surface area contributed by atoms with Crippen LogP contribution in [0.25, 0.3) is 0 Å². The summed E-state index contributed by atoms with van der Waals surface area (Å²) in [4.78, 5) is 37.8. The summed E-state index contributed by atoms with van der Waals surface area (Å²) in [5, 5.41) is 30.8. The number of benzene rings is 6. The summed E-state index contributed by atoms with van der Waals surface area (Å²) in [6, 6.07) is 27.4. The molecule has 21 heteroatoms. The molecule has 0 aliphatic carbocycles. The van der Waals surface area contributed by atoms with Crippen LogP contribution in [0.15, 0.2) is 124 Å². The molecule has 0 unspecified atom stereocenters. The second kappa shape index (κ2) is 37.0. The number of aromatic hydroxyl groups is 3. The Bertz CT molecular complexity index is 3180. The van der Waals surface area contributed by atoms with Gasteiger partial charge in [0.15, 0.2) is 17.3 Å². The van der Waals surface area contributed by atoms with Crippen molar-refractivity contribution in [2.45, 2.75) is 160 Å². The number of phenols is 3. The maximum Gasteiger partial charge on any atom is 0.300 e. The van der Waals surface area contributed by atoms with Gasteiger partial charge in [0, 0.05) is 48.0 Å². The molecule has 5 N–H and O–H groups in total. The number of sulfonamides is 2. The Morgan fingerprint density at radius 3 is 0.966 bits per heavy atom. The molecule has 88 heavy (non-hydrogen) atoms. The van der Waals surface area contributed by atoms with Crippen LogP contribution in [0.3, 0.4) is 0 Å². The summed E-state index contributed by atoms with van der Waals surface area (Å²) >= 11 is 0. The number of ketones is 3. The van der Waals surface area contributed by atoms with Gasteiger partial charge in [-0.2, -0.15) is 8.42 Å². The highest BCUT2D eigenvalue weighted by Crippen LogP contribution is 2.36. The molecule has 0 saturated heterocycles. The lowest BCUT2D eigenvalue weighted by molar-refractivity contribution is 0.102. The fourth-order valence-electron chi connectivity index (χ4n) is 8.83. The highest BCUT2D eigenvalue weighted by molar-refractivity contribution is 7.90. The summed E-state index contributed by atoms with van der Waals surface area (Å²) < 4.78 is 102. The summed E-state index contributed by atoms with van der Waals surface area (Å²) in [6.45, 7) is 12.7. The van der Waals surface area contributed by atoms with E-state index in [1.807, 2.05) is 20.8 Å². The molecule has 6 aromatic rings. The maximum atomic E-state index is 12.8. The van der Waals surface area contributed by atoms with Gasteiger partial charge in [0.25, 0.3) is 0 Å². The van der Waals surface area contributed by atoms with Gasteiger partial charge in [-0.05, 0) is 58.2 Å². The first kappa shape index (κ1) is 75.1. The number of rotatable bonds is 33. The lowest BCUT2D eigenvalue weighted by Crippen LogP contribution is -2.25. The van der Waals surface area contributed by atoms with E-state index in [1.54, 1.807) is 72.8 Å². The lowest BCUT2D eigenvalue weighted by atomic mass is 10.0. The number of unbranched alkanes of at least 4 members (excludes halogenated alkanes) is 12. The molecule has 0 atom stereocenters. The highest BCUT2D eigenvalue weighted by atomic mass is 32.2. The van der Waals surface area contributed by atoms with Crippen molar-refractivity contribution < 1.29 is 73.4 Å². The van der Waals surface area contributed by atoms with Gasteiger partial charge in [-0.3, -0.25) is 18.6 Å². The zero-order chi connectivity index (χ0) is 64.3. The molecule has 18 nitrogen and oxygen atoms in total. The third kappa shape index (κ3) is 22.5. The van der Waals surface area contributed by atoms with Crippen molar-refractivity contribution in [1.29, 1.82) is 0 Å². The van der Waals surface area contributed by atoms with Crippen LogP contribution in [-0.2, 0) is 34.3 Å². The smallest absolute Gasteiger partial charge is 0.300 e. The van der Waals surface area contributed by atoms with Crippen molar-refractivity contribution in [2.75, 3.05) is 41.0 Å².